The summed E-state index contributed by atoms with van der Waals surface area (Å²) in [5.41, 5.74) is 0.925. The Morgan fingerprint density at radius 3 is 2.94 bits per heavy atom. The van der Waals surface area contributed by atoms with Crippen LogP contribution in [0.2, 0.25) is 0 Å². The number of hydrogen-bond donors (Lipinski definition) is 2. The van der Waals surface area contributed by atoms with E-state index in [1.807, 2.05) is 30.3 Å². The third kappa shape index (κ3) is 4.30. The SMILES string of the molecule is CC(CO)N(C)Cc1sccc1/C=C/C(=O)O. The van der Waals surface area contributed by atoms with Crippen LogP contribution in [-0.4, -0.2) is 40.8 Å². The van der Waals surface area contributed by atoms with Gasteiger partial charge in [-0.15, -0.1) is 11.3 Å². The predicted molar refractivity (Wildman–Crippen MR) is 69.0 cm³/mol. The molecule has 1 atom stereocenters. The minimum Gasteiger partial charge on any atom is -0.478 e. The number of aliphatic hydroxyl groups is 1. The van der Waals surface area contributed by atoms with Crippen molar-refractivity contribution in [2.45, 2.75) is 19.5 Å². The third-order valence-corrected chi connectivity index (χ3v) is 3.52. The number of carboxylic acid groups (broad SMARTS) is 1. The molecule has 0 amide bonds. The molecule has 0 fully saturated rings. The minimum absolute atomic E-state index is 0.0911. The molecule has 0 spiro atoms. The van der Waals surface area contributed by atoms with E-state index in [1.54, 1.807) is 17.4 Å². The maximum Gasteiger partial charge on any atom is 0.328 e. The lowest BCUT2D eigenvalue weighted by Gasteiger charge is -2.22. The van der Waals surface area contributed by atoms with Crippen molar-refractivity contribution in [2.24, 2.45) is 0 Å². The molecule has 0 bridgehead atoms. The number of likely N-dealkylation sites (N-methyl/N-ethyl adjacent to an activating group) is 1. The first kappa shape index (κ1) is 13.9. The van der Waals surface area contributed by atoms with Crippen LogP contribution in [-0.2, 0) is 11.3 Å². The number of carboxylic acids is 1. The second kappa shape index (κ2) is 6.54. The highest BCUT2D eigenvalue weighted by Gasteiger charge is 2.10. The Morgan fingerprint density at radius 2 is 2.35 bits per heavy atom. The van der Waals surface area contributed by atoms with Crippen molar-refractivity contribution in [3.63, 3.8) is 0 Å². The summed E-state index contributed by atoms with van der Waals surface area (Å²) in [7, 11) is 1.94. The van der Waals surface area contributed by atoms with Crippen LogP contribution in [0.15, 0.2) is 17.5 Å². The fourth-order valence-electron chi connectivity index (χ4n) is 1.31. The van der Waals surface area contributed by atoms with E-state index in [4.69, 9.17) is 10.2 Å². The second-order valence-corrected chi connectivity index (χ2v) is 4.92. The van der Waals surface area contributed by atoms with Crippen molar-refractivity contribution in [2.75, 3.05) is 13.7 Å². The van der Waals surface area contributed by atoms with E-state index in [0.717, 1.165) is 16.5 Å². The fraction of sp³-hybridized carbons (Fsp3) is 0.417. The maximum absolute atomic E-state index is 10.5. The molecular weight excluding hydrogens is 238 g/mol. The summed E-state index contributed by atoms with van der Waals surface area (Å²) in [5.74, 6) is -0.945. The quantitative estimate of drug-likeness (QED) is 0.759. The van der Waals surface area contributed by atoms with Crippen LogP contribution in [0.3, 0.4) is 0 Å². The number of aliphatic hydroxyl groups excluding tert-OH is 1. The lowest BCUT2D eigenvalue weighted by Crippen LogP contribution is -2.31. The molecule has 1 aromatic rings. The monoisotopic (exact) mass is 255 g/mol. The van der Waals surface area contributed by atoms with Gasteiger partial charge < -0.3 is 10.2 Å². The predicted octanol–water partition coefficient (Wildman–Crippen LogP) is 1.66. The Hall–Kier alpha value is -1.17. The summed E-state index contributed by atoms with van der Waals surface area (Å²) in [6.45, 7) is 2.77. The number of thiophene rings is 1. The van der Waals surface area contributed by atoms with Crippen molar-refractivity contribution in [3.05, 3.63) is 28.0 Å². The van der Waals surface area contributed by atoms with Crippen LogP contribution in [0.5, 0.6) is 0 Å². The van der Waals surface area contributed by atoms with Crippen LogP contribution >= 0.6 is 11.3 Å². The van der Waals surface area contributed by atoms with E-state index in [2.05, 4.69) is 0 Å². The summed E-state index contributed by atoms with van der Waals surface area (Å²) >= 11 is 1.59. The first-order chi connectivity index (χ1) is 8.04. The van der Waals surface area contributed by atoms with E-state index in [-0.39, 0.29) is 12.6 Å². The van der Waals surface area contributed by atoms with Gasteiger partial charge in [0.05, 0.1) is 6.61 Å². The molecule has 4 nitrogen and oxygen atoms in total. The molecule has 1 aromatic heterocycles. The zero-order valence-corrected chi connectivity index (χ0v) is 10.8. The highest BCUT2D eigenvalue weighted by Crippen LogP contribution is 2.20. The molecule has 17 heavy (non-hydrogen) atoms. The Kier molecular flexibility index (Phi) is 5.34. The first-order valence-electron chi connectivity index (χ1n) is 5.33. The molecule has 0 saturated carbocycles. The van der Waals surface area contributed by atoms with Crippen molar-refractivity contribution in [3.8, 4) is 0 Å². The lowest BCUT2D eigenvalue weighted by atomic mass is 10.2. The summed E-state index contributed by atoms with van der Waals surface area (Å²) < 4.78 is 0. The largest absolute Gasteiger partial charge is 0.478 e. The van der Waals surface area contributed by atoms with E-state index in [1.165, 1.54) is 0 Å². The molecule has 0 saturated heterocycles. The van der Waals surface area contributed by atoms with Gasteiger partial charge in [-0.05, 0) is 37.1 Å². The second-order valence-electron chi connectivity index (χ2n) is 3.92. The van der Waals surface area contributed by atoms with Gasteiger partial charge >= 0.3 is 5.97 Å². The first-order valence-corrected chi connectivity index (χ1v) is 6.21. The summed E-state index contributed by atoms with van der Waals surface area (Å²) in [4.78, 5) is 13.6. The van der Waals surface area contributed by atoms with Gasteiger partial charge in [-0.2, -0.15) is 0 Å². The maximum atomic E-state index is 10.5. The summed E-state index contributed by atoms with van der Waals surface area (Å²) in [5, 5.41) is 19.6. The molecule has 0 aliphatic rings. The van der Waals surface area contributed by atoms with E-state index in [9.17, 15) is 4.79 Å². The molecule has 1 unspecified atom stereocenters. The Morgan fingerprint density at radius 1 is 1.65 bits per heavy atom. The third-order valence-electron chi connectivity index (χ3n) is 2.60. The van der Waals surface area contributed by atoms with Gasteiger partial charge in [-0.1, -0.05) is 0 Å². The molecule has 0 aliphatic heterocycles. The minimum atomic E-state index is -0.945. The average Bonchev–Trinajstić information content (AvgIpc) is 2.72. The molecule has 0 aromatic carbocycles. The normalized spacial score (nSPS) is 13.4. The van der Waals surface area contributed by atoms with Crippen LogP contribution < -0.4 is 0 Å². The van der Waals surface area contributed by atoms with E-state index < -0.39 is 5.97 Å². The van der Waals surface area contributed by atoms with Gasteiger partial charge in [0.1, 0.15) is 0 Å². The summed E-state index contributed by atoms with van der Waals surface area (Å²) in [6.07, 6.45) is 2.74. The van der Waals surface area contributed by atoms with Gasteiger partial charge in [0.2, 0.25) is 0 Å². The van der Waals surface area contributed by atoms with Crippen molar-refractivity contribution in [1.82, 2.24) is 4.90 Å². The van der Waals surface area contributed by atoms with E-state index >= 15 is 0 Å². The van der Waals surface area contributed by atoms with E-state index in [0.29, 0.717) is 6.54 Å². The van der Waals surface area contributed by atoms with Crippen LogP contribution in [0.4, 0.5) is 0 Å². The molecular formula is C12H17NO3S. The van der Waals surface area contributed by atoms with Crippen molar-refractivity contribution < 1.29 is 15.0 Å². The number of nitrogens with zero attached hydrogens (tertiary/aromatic N) is 1. The molecule has 0 aliphatic carbocycles. The van der Waals surface area contributed by atoms with Crippen molar-refractivity contribution >= 4 is 23.4 Å². The summed E-state index contributed by atoms with van der Waals surface area (Å²) in [6, 6.07) is 1.99. The van der Waals surface area contributed by atoms with Crippen LogP contribution in [0, 0.1) is 0 Å². The number of carbonyl (C=O) groups is 1. The van der Waals surface area contributed by atoms with Gasteiger partial charge in [0.25, 0.3) is 0 Å². The smallest absolute Gasteiger partial charge is 0.328 e. The molecule has 5 heteroatoms. The Labute approximate surface area is 105 Å². The highest BCUT2D eigenvalue weighted by molar-refractivity contribution is 7.10. The standard InChI is InChI=1S/C12H17NO3S/c1-9(8-14)13(2)7-11-10(5-6-17-11)3-4-12(15)16/h3-6,9,14H,7-8H2,1-2H3,(H,15,16)/b4-3+. The number of hydrogen-bond acceptors (Lipinski definition) is 4. The van der Waals surface area contributed by atoms with Gasteiger partial charge in [0.15, 0.2) is 0 Å². The highest BCUT2D eigenvalue weighted by atomic mass is 32.1. The molecule has 94 valence electrons. The Balaban J connectivity index is 2.72. The fourth-order valence-corrected chi connectivity index (χ4v) is 2.24. The molecule has 2 N–H and O–H groups in total. The molecule has 1 rings (SSSR count). The van der Waals surface area contributed by atoms with Crippen molar-refractivity contribution in [1.29, 1.82) is 0 Å². The van der Waals surface area contributed by atoms with Crippen LogP contribution in [0.25, 0.3) is 6.08 Å². The van der Waals surface area contributed by atoms with Crippen LogP contribution in [0.1, 0.15) is 17.4 Å². The number of aliphatic carboxylic acids is 1. The molecule has 0 radical (unpaired) electrons. The molecule has 1 heterocycles. The zero-order chi connectivity index (χ0) is 12.8. The Bertz CT molecular complexity index is 400. The lowest BCUT2D eigenvalue weighted by molar-refractivity contribution is -0.131. The van der Waals surface area contributed by atoms with Gasteiger partial charge in [-0.25, -0.2) is 4.79 Å². The number of rotatable bonds is 6. The van der Waals surface area contributed by atoms with Gasteiger partial charge in [-0.3, -0.25) is 4.90 Å². The zero-order valence-electron chi connectivity index (χ0n) is 9.96. The van der Waals surface area contributed by atoms with Gasteiger partial charge in [0, 0.05) is 23.5 Å². The topological polar surface area (TPSA) is 60.8 Å². The average molecular weight is 255 g/mol.